The number of amides is 1. The van der Waals surface area contributed by atoms with Crippen molar-refractivity contribution in [2.45, 2.75) is 19.4 Å². The number of carbonyl (C=O) groups is 1. The van der Waals surface area contributed by atoms with Crippen LogP contribution in [0.4, 0.5) is 5.69 Å². The number of hydrogen-bond donors (Lipinski definition) is 1. The molecule has 1 aliphatic rings. The molecule has 0 unspecified atom stereocenters. The quantitative estimate of drug-likeness (QED) is 0.913. The number of rotatable bonds is 3. The Hall–Kier alpha value is -1.60. The zero-order chi connectivity index (χ0) is 15.7. The highest BCUT2D eigenvalue weighted by atomic mass is 32.2. The Bertz CT molecular complexity index is 640. The van der Waals surface area contributed by atoms with Crippen molar-refractivity contribution in [1.29, 1.82) is 0 Å². The number of sulfonamides is 1. The van der Waals surface area contributed by atoms with Crippen LogP contribution in [0.3, 0.4) is 0 Å². The van der Waals surface area contributed by atoms with Gasteiger partial charge in [0.05, 0.1) is 18.5 Å². The van der Waals surface area contributed by atoms with E-state index in [2.05, 4.69) is 4.72 Å². The first kappa shape index (κ1) is 15.8. The summed E-state index contributed by atoms with van der Waals surface area (Å²) >= 11 is 0. The van der Waals surface area contributed by atoms with Crippen LogP contribution in [0, 0.1) is 0 Å². The molecular weight excluding hydrogens is 292 g/mol. The Morgan fingerprint density at radius 3 is 2.71 bits per heavy atom. The summed E-state index contributed by atoms with van der Waals surface area (Å²) in [6.45, 7) is 5.42. The van der Waals surface area contributed by atoms with Gasteiger partial charge in [-0.25, -0.2) is 8.42 Å². The van der Waals surface area contributed by atoms with E-state index >= 15 is 0 Å². The van der Waals surface area contributed by atoms with Crippen molar-refractivity contribution in [3.63, 3.8) is 0 Å². The topological polar surface area (TPSA) is 75.7 Å². The molecule has 2 rings (SSSR count). The van der Waals surface area contributed by atoms with Gasteiger partial charge in [-0.2, -0.15) is 0 Å². The molecule has 6 nitrogen and oxygen atoms in total. The molecule has 1 aromatic carbocycles. The lowest BCUT2D eigenvalue weighted by Crippen LogP contribution is -2.50. The lowest BCUT2D eigenvalue weighted by Gasteiger charge is -2.38. The maximum Gasteiger partial charge on any atom is 0.254 e. The lowest BCUT2D eigenvalue weighted by atomic mass is 10.1. The predicted molar refractivity (Wildman–Crippen MR) is 80.8 cm³/mol. The van der Waals surface area contributed by atoms with Crippen LogP contribution in [0.5, 0.6) is 0 Å². The van der Waals surface area contributed by atoms with Crippen molar-refractivity contribution in [1.82, 2.24) is 4.90 Å². The number of benzene rings is 1. The number of nitrogens with zero attached hydrogens (tertiary/aromatic N) is 1. The average Bonchev–Trinajstić information content (AvgIpc) is 2.35. The van der Waals surface area contributed by atoms with Gasteiger partial charge in [0, 0.05) is 24.3 Å². The van der Waals surface area contributed by atoms with Crippen molar-refractivity contribution < 1.29 is 17.9 Å². The maximum absolute atomic E-state index is 12.5. The van der Waals surface area contributed by atoms with E-state index in [1.165, 1.54) is 0 Å². The smallest absolute Gasteiger partial charge is 0.254 e. The molecule has 1 N–H and O–H groups in total. The minimum Gasteiger partial charge on any atom is -0.372 e. The minimum atomic E-state index is -3.36. The van der Waals surface area contributed by atoms with E-state index in [0.29, 0.717) is 30.9 Å². The van der Waals surface area contributed by atoms with Crippen LogP contribution < -0.4 is 4.72 Å². The number of nitrogens with one attached hydrogen (secondary N) is 1. The second-order valence-corrected chi connectivity index (χ2v) is 7.54. The highest BCUT2D eigenvalue weighted by molar-refractivity contribution is 7.92. The van der Waals surface area contributed by atoms with Gasteiger partial charge in [-0.1, -0.05) is 6.07 Å². The fourth-order valence-electron chi connectivity index (χ4n) is 2.30. The molecule has 116 valence electrons. The molecule has 0 radical (unpaired) electrons. The third kappa shape index (κ3) is 4.44. The number of hydrogen-bond acceptors (Lipinski definition) is 4. The molecule has 1 aliphatic heterocycles. The molecule has 0 aliphatic carbocycles. The summed E-state index contributed by atoms with van der Waals surface area (Å²) in [7, 11) is -3.36. The van der Waals surface area contributed by atoms with Crippen LogP contribution in [0.15, 0.2) is 24.3 Å². The third-order valence-corrected chi connectivity index (χ3v) is 3.73. The van der Waals surface area contributed by atoms with Crippen LogP contribution in [-0.4, -0.2) is 50.8 Å². The summed E-state index contributed by atoms with van der Waals surface area (Å²) in [5.41, 5.74) is 0.480. The molecule has 1 amide bonds. The van der Waals surface area contributed by atoms with Crippen molar-refractivity contribution >= 4 is 21.6 Å². The Labute approximate surface area is 125 Å². The van der Waals surface area contributed by atoms with Crippen LogP contribution in [0.2, 0.25) is 0 Å². The van der Waals surface area contributed by atoms with Gasteiger partial charge >= 0.3 is 0 Å². The van der Waals surface area contributed by atoms with Crippen LogP contribution >= 0.6 is 0 Å². The molecule has 21 heavy (non-hydrogen) atoms. The fourth-order valence-corrected chi connectivity index (χ4v) is 2.86. The van der Waals surface area contributed by atoms with Gasteiger partial charge in [0.2, 0.25) is 10.0 Å². The van der Waals surface area contributed by atoms with Crippen molar-refractivity contribution in [2.75, 3.05) is 30.7 Å². The highest BCUT2D eigenvalue weighted by Gasteiger charge is 2.30. The molecule has 0 saturated carbocycles. The number of ether oxygens (including phenoxy) is 1. The van der Waals surface area contributed by atoms with Crippen LogP contribution in [0.1, 0.15) is 24.2 Å². The Balaban J connectivity index is 2.18. The molecule has 0 aromatic heterocycles. The molecule has 0 atom stereocenters. The predicted octanol–water partition coefficient (Wildman–Crippen LogP) is 1.31. The number of morpholine rings is 1. The van der Waals surface area contributed by atoms with E-state index < -0.39 is 10.0 Å². The molecule has 1 saturated heterocycles. The Morgan fingerprint density at radius 2 is 2.10 bits per heavy atom. The summed E-state index contributed by atoms with van der Waals surface area (Å²) in [4.78, 5) is 14.2. The Kier molecular flexibility index (Phi) is 4.25. The zero-order valence-corrected chi connectivity index (χ0v) is 13.2. The number of carbonyl (C=O) groups excluding carboxylic acids is 1. The first-order chi connectivity index (χ1) is 9.66. The summed E-state index contributed by atoms with van der Waals surface area (Å²) < 4.78 is 30.4. The summed E-state index contributed by atoms with van der Waals surface area (Å²) in [6, 6.07) is 6.50. The van der Waals surface area contributed by atoms with Crippen LogP contribution in [-0.2, 0) is 14.8 Å². The average molecular weight is 312 g/mol. The monoisotopic (exact) mass is 312 g/mol. The fraction of sp³-hybridized carbons (Fsp3) is 0.500. The summed E-state index contributed by atoms with van der Waals surface area (Å²) in [5, 5.41) is 0. The second kappa shape index (κ2) is 5.65. The molecule has 0 spiro atoms. The van der Waals surface area contributed by atoms with E-state index in [1.807, 2.05) is 13.8 Å². The summed E-state index contributed by atoms with van der Waals surface area (Å²) in [5.74, 6) is -0.122. The molecular formula is C14H20N2O4S. The van der Waals surface area contributed by atoms with Gasteiger partial charge in [-0.3, -0.25) is 9.52 Å². The largest absolute Gasteiger partial charge is 0.372 e. The lowest BCUT2D eigenvalue weighted by molar-refractivity contribution is -0.0764. The first-order valence-corrected chi connectivity index (χ1v) is 8.57. The van der Waals surface area contributed by atoms with E-state index in [4.69, 9.17) is 4.74 Å². The molecule has 0 bridgehead atoms. The van der Waals surface area contributed by atoms with Crippen molar-refractivity contribution in [2.24, 2.45) is 0 Å². The van der Waals surface area contributed by atoms with Gasteiger partial charge in [-0.05, 0) is 32.0 Å². The van der Waals surface area contributed by atoms with E-state index in [1.54, 1.807) is 29.2 Å². The standard InChI is InChI=1S/C14H20N2O4S/c1-14(2)10-16(7-8-20-14)13(17)11-5-4-6-12(9-11)15-21(3,18)19/h4-6,9,15H,7-8,10H2,1-3H3. The van der Waals surface area contributed by atoms with Gasteiger partial charge in [0.1, 0.15) is 0 Å². The maximum atomic E-state index is 12.5. The molecule has 1 heterocycles. The minimum absolute atomic E-state index is 0.122. The zero-order valence-electron chi connectivity index (χ0n) is 12.4. The number of anilines is 1. The van der Waals surface area contributed by atoms with Crippen molar-refractivity contribution in [3.05, 3.63) is 29.8 Å². The van der Waals surface area contributed by atoms with E-state index in [-0.39, 0.29) is 11.5 Å². The van der Waals surface area contributed by atoms with Crippen molar-refractivity contribution in [3.8, 4) is 0 Å². The normalized spacial score (nSPS) is 18.3. The van der Waals surface area contributed by atoms with Gasteiger partial charge in [0.15, 0.2) is 0 Å². The van der Waals surface area contributed by atoms with Gasteiger partial charge < -0.3 is 9.64 Å². The van der Waals surface area contributed by atoms with E-state index in [0.717, 1.165) is 6.26 Å². The second-order valence-electron chi connectivity index (χ2n) is 5.79. The first-order valence-electron chi connectivity index (χ1n) is 6.67. The molecule has 1 fully saturated rings. The summed E-state index contributed by atoms with van der Waals surface area (Å²) in [6.07, 6.45) is 1.08. The van der Waals surface area contributed by atoms with Crippen LogP contribution in [0.25, 0.3) is 0 Å². The van der Waals surface area contributed by atoms with E-state index in [9.17, 15) is 13.2 Å². The third-order valence-electron chi connectivity index (χ3n) is 3.13. The highest BCUT2D eigenvalue weighted by Crippen LogP contribution is 2.20. The molecule has 1 aromatic rings. The Morgan fingerprint density at radius 1 is 1.38 bits per heavy atom. The van der Waals surface area contributed by atoms with Gasteiger partial charge in [0.25, 0.3) is 5.91 Å². The van der Waals surface area contributed by atoms with Gasteiger partial charge in [-0.15, -0.1) is 0 Å². The SMILES string of the molecule is CC1(C)CN(C(=O)c2cccc(NS(C)(=O)=O)c2)CCO1. The molecule has 7 heteroatoms.